The van der Waals surface area contributed by atoms with E-state index < -0.39 is 0 Å². The number of rotatable bonds is 9. The van der Waals surface area contributed by atoms with E-state index in [9.17, 15) is 0 Å². The molecule has 0 bridgehead atoms. The Balaban J connectivity index is 2.37. The average molecular weight is 309 g/mol. The maximum atomic E-state index is 5.40. The monoisotopic (exact) mass is 309 g/mol. The maximum Gasteiger partial charge on any atom is 0.191 e. The lowest BCUT2D eigenvalue weighted by Crippen LogP contribution is -2.37. The Morgan fingerprint density at radius 1 is 1.32 bits per heavy atom. The third kappa shape index (κ3) is 6.47. The normalized spacial score (nSPS) is 12.2. The van der Waals surface area contributed by atoms with Crippen molar-refractivity contribution in [3.63, 3.8) is 0 Å². The molecule has 0 spiro atoms. The van der Waals surface area contributed by atoms with Crippen LogP contribution in [0.15, 0.2) is 15.6 Å². The largest absolute Gasteiger partial charge is 0.359 e. The van der Waals surface area contributed by atoms with Gasteiger partial charge in [0.2, 0.25) is 0 Å². The second-order valence-electron chi connectivity index (χ2n) is 5.74. The van der Waals surface area contributed by atoms with E-state index in [4.69, 9.17) is 4.52 Å². The molecule has 0 radical (unpaired) electrons. The first-order valence-corrected chi connectivity index (χ1v) is 8.15. The number of hydrogen-bond donors (Lipinski definition) is 2. The van der Waals surface area contributed by atoms with Crippen LogP contribution in [0.4, 0.5) is 0 Å². The van der Waals surface area contributed by atoms with Gasteiger partial charge in [0, 0.05) is 25.6 Å². The molecule has 1 aromatic rings. The Morgan fingerprint density at radius 2 is 2.05 bits per heavy atom. The first-order valence-electron chi connectivity index (χ1n) is 8.15. The van der Waals surface area contributed by atoms with Crippen molar-refractivity contribution in [3.05, 3.63) is 17.5 Å². The number of aromatic nitrogens is 1. The lowest BCUT2D eigenvalue weighted by Gasteiger charge is -2.12. The standard InChI is InChI=1S/C16H31N5O/c1-6-13(7-2)15-11-14(22-20-15)12-19-16(17-3)18-9-8-10-21(4)5/h11,13H,6-10,12H2,1-5H3,(H2,17,18,19). The van der Waals surface area contributed by atoms with Crippen LogP contribution < -0.4 is 10.6 Å². The van der Waals surface area contributed by atoms with Crippen LogP contribution in [0, 0.1) is 0 Å². The van der Waals surface area contributed by atoms with Crippen molar-refractivity contribution in [1.29, 1.82) is 0 Å². The van der Waals surface area contributed by atoms with Gasteiger partial charge in [0.1, 0.15) is 0 Å². The molecule has 0 saturated carbocycles. The van der Waals surface area contributed by atoms with Gasteiger partial charge < -0.3 is 20.1 Å². The van der Waals surface area contributed by atoms with Crippen LogP contribution in [0.2, 0.25) is 0 Å². The molecule has 1 aromatic heterocycles. The van der Waals surface area contributed by atoms with Gasteiger partial charge in [-0.3, -0.25) is 4.99 Å². The summed E-state index contributed by atoms with van der Waals surface area (Å²) in [5, 5.41) is 10.7. The molecule has 126 valence electrons. The summed E-state index contributed by atoms with van der Waals surface area (Å²) >= 11 is 0. The van der Waals surface area contributed by atoms with Gasteiger partial charge in [-0.05, 0) is 39.9 Å². The van der Waals surface area contributed by atoms with Crippen molar-refractivity contribution >= 4 is 5.96 Å². The minimum Gasteiger partial charge on any atom is -0.359 e. The van der Waals surface area contributed by atoms with E-state index in [0.29, 0.717) is 12.5 Å². The average Bonchev–Trinajstić information content (AvgIpc) is 2.96. The van der Waals surface area contributed by atoms with Gasteiger partial charge in [0.05, 0.1) is 12.2 Å². The van der Waals surface area contributed by atoms with Crippen LogP contribution >= 0.6 is 0 Å². The van der Waals surface area contributed by atoms with Crippen LogP contribution in [-0.4, -0.2) is 50.2 Å². The number of nitrogens with zero attached hydrogens (tertiary/aromatic N) is 3. The lowest BCUT2D eigenvalue weighted by molar-refractivity contribution is 0.368. The summed E-state index contributed by atoms with van der Waals surface area (Å²) < 4.78 is 5.40. The van der Waals surface area contributed by atoms with Gasteiger partial charge in [-0.1, -0.05) is 19.0 Å². The summed E-state index contributed by atoms with van der Waals surface area (Å²) in [6.45, 7) is 6.92. The Labute approximate surface area is 134 Å². The first-order chi connectivity index (χ1) is 10.6. The van der Waals surface area contributed by atoms with Crippen molar-refractivity contribution in [2.75, 3.05) is 34.2 Å². The smallest absolute Gasteiger partial charge is 0.191 e. The van der Waals surface area contributed by atoms with Gasteiger partial charge >= 0.3 is 0 Å². The minimum atomic E-state index is 0.487. The van der Waals surface area contributed by atoms with Gasteiger partial charge in [-0.2, -0.15) is 0 Å². The highest BCUT2D eigenvalue weighted by Crippen LogP contribution is 2.22. The number of aliphatic imine (C=N–C) groups is 1. The Kier molecular flexibility index (Phi) is 8.58. The quantitative estimate of drug-likeness (QED) is 0.416. The zero-order valence-electron chi connectivity index (χ0n) is 14.6. The SMILES string of the molecule is CCC(CC)c1cc(CNC(=NC)NCCCN(C)C)on1. The molecule has 0 amide bonds. The molecule has 0 fully saturated rings. The number of nitrogens with one attached hydrogen (secondary N) is 2. The van der Waals surface area contributed by atoms with Crippen molar-refractivity contribution in [2.45, 2.75) is 45.6 Å². The molecular formula is C16H31N5O. The lowest BCUT2D eigenvalue weighted by atomic mass is 9.99. The summed E-state index contributed by atoms with van der Waals surface area (Å²) in [7, 11) is 5.93. The van der Waals surface area contributed by atoms with Crippen LogP contribution in [0.3, 0.4) is 0 Å². The summed E-state index contributed by atoms with van der Waals surface area (Å²) in [5.74, 6) is 2.12. The van der Waals surface area contributed by atoms with Gasteiger partial charge in [0.25, 0.3) is 0 Å². The van der Waals surface area contributed by atoms with Crippen LogP contribution in [-0.2, 0) is 6.54 Å². The van der Waals surface area contributed by atoms with Gasteiger partial charge in [-0.25, -0.2) is 0 Å². The molecule has 6 nitrogen and oxygen atoms in total. The van der Waals surface area contributed by atoms with Crippen molar-refractivity contribution < 1.29 is 4.52 Å². The highest BCUT2D eigenvalue weighted by atomic mass is 16.5. The highest BCUT2D eigenvalue weighted by molar-refractivity contribution is 5.79. The fourth-order valence-electron chi connectivity index (χ4n) is 2.31. The Bertz CT molecular complexity index is 437. The fraction of sp³-hybridized carbons (Fsp3) is 0.750. The van der Waals surface area contributed by atoms with E-state index in [-0.39, 0.29) is 0 Å². The molecule has 6 heteroatoms. The molecule has 22 heavy (non-hydrogen) atoms. The molecule has 1 heterocycles. The summed E-state index contributed by atoms with van der Waals surface area (Å²) in [6, 6.07) is 2.05. The number of hydrogen-bond acceptors (Lipinski definition) is 4. The van der Waals surface area contributed by atoms with E-state index in [2.05, 4.69) is 53.6 Å². The minimum absolute atomic E-state index is 0.487. The molecule has 0 aliphatic carbocycles. The molecule has 1 rings (SSSR count). The van der Waals surface area contributed by atoms with E-state index in [1.54, 1.807) is 7.05 Å². The fourth-order valence-corrected chi connectivity index (χ4v) is 2.31. The van der Waals surface area contributed by atoms with Crippen molar-refractivity contribution in [3.8, 4) is 0 Å². The van der Waals surface area contributed by atoms with Crippen LogP contribution in [0.1, 0.15) is 50.5 Å². The first kappa shape index (κ1) is 18.5. The molecule has 2 N–H and O–H groups in total. The zero-order chi connectivity index (χ0) is 16.4. The molecule has 0 aromatic carbocycles. The maximum absolute atomic E-state index is 5.40. The third-order valence-electron chi connectivity index (χ3n) is 3.71. The molecule has 0 unspecified atom stereocenters. The van der Waals surface area contributed by atoms with E-state index in [1.807, 2.05) is 6.07 Å². The van der Waals surface area contributed by atoms with Crippen LogP contribution in [0.5, 0.6) is 0 Å². The second kappa shape index (κ2) is 10.2. The van der Waals surface area contributed by atoms with Crippen LogP contribution in [0.25, 0.3) is 0 Å². The molecule has 0 saturated heterocycles. The topological polar surface area (TPSA) is 65.7 Å². The van der Waals surface area contributed by atoms with Gasteiger partial charge in [0.15, 0.2) is 11.7 Å². The van der Waals surface area contributed by atoms with Crippen molar-refractivity contribution in [2.24, 2.45) is 4.99 Å². The summed E-state index contributed by atoms with van der Waals surface area (Å²) in [5.41, 5.74) is 1.05. The zero-order valence-corrected chi connectivity index (χ0v) is 14.6. The number of guanidine groups is 1. The third-order valence-corrected chi connectivity index (χ3v) is 3.71. The molecule has 0 aliphatic heterocycles. The highest BCUT2D eigenvalue weighted by Gasteiger charge is 2.13. The summed E-state index contributed by atoms with van der Waals surface area (Å²) in [4.78, 5) is 6.39. The second-order valence-corrected chi connectivity index (χ2v) is 5.74. The van der Waals surface area contributed by atoms with E-state index >= 15 is 0 Å². The van der Waals surface area contributed by atoms with E-state index in [1.165, 1.54) is 0 Å². The molecule has 0 aliphatic rings. The molecule has 0 atom stereocenters. The van der Waals surface area contributed by atoms with Gasteiger partial charge in [-0.15, -0.1) is 0 Å². The van der Waals surface area contributed by atoms with Crippen molar-refractivity contribution in [1.82, 2.24) is 20.7 Å². The van der Waals surface area contributed by atoms with E-state index in [0.717, 1.165) is 49.8 Å². The Hall–Kier alpha value is -1.56. The Morgan fingerprint density at radius 3 is 2.64 bits per heavy atom. The predicted molar refractivity (Wildman–Crippen MR) is 91.2 cm³/mol. The predicted octanol–water partition coefficient (Wildman–Crippen LogP) is 2.19. The molecular weight excluding hydrogens is 278 g/mol. The summed E-state index contributed by atoms with van der Waals surface area (Å²) in [6.07, 6.45) is 3.25.